The summed E-state index contributed by atoms with van der Waals surface area (Å²) in [4.78, 5) is 17.6. The molecule has 1 aromatic rings. The number of aliphatic imine (C=N–C) groups is 1. The maximum atomic E-state index is 11.9. The molecule has 6 heteroatoms. The highest BCUT2D eigenvalue weighted by atomic mass is 16.5. The van der Waals surface area contributed by atoms with Crippen LogP contribution in [0.15, 0.2) is 34.8 Å². The number of hydrogen-bond acceptors (Lipinski definition) is 3. The second-order valence-electron chi connectivity index (χ2n) is 5.44. The number of amides is 1. The first-order valence-corrected chi connectivity index (χ1v) is 7.64. The van der Waals surface area contributed by atoms with Crippen molar-refractivity contribution in [3.05, 3.63) is 35.4 Å². The fraction of sp³-hybridized carbons (Fsp3) is 0.412. The number of benzene rings is 1. The van der Waals surface area contributed by atoms with Crippen LogP contribution < -0.4 is 16.2 Å². The third-order valence-corrected chi connectivity index (χ3v) is 3.10. The van der Waals surface area contributed by atoms with Crippen LogP contribution in [0.2, 0.25) is 0 Å². The van der Waals surface area contributed by atoms with Crippen LogP contribution in [0.3, 0.4) is 0 Å². The van der Waals surface area contributed by atoms with E-state index in [1.54, 1.807) is 6.08 Å². The molecule has 126 valence electrons. The molecule has 4 N–H and O–H groups in total. The summed E-state index contributed by atoms with van der Waals surface area (Å²) in [6.07, 6.45) is 3.28. The molecule has 0 radical (unpaired) electrons. The first kappa shape index (κ1) is 18.7. The normalized spacial score (nSPS) is 11.4. The van der Waals surface area contributed by atoms with Gasteiger partial charge in [0.25, 0.3) is 5.91 Å². The van der Waals surface area contributed by atoms with Crippen molar-refractivity contribution in [2.45, 2.75) is 19.8 Å². The molecule has 0 aliphatic rings. The minimum absolute atomic E-state index is 0.229. The Balaban J connectivity index is 2.76. The predicted molar refractivity (Wildman–Crippen MR) is 94.2 cm³/mol. The largest absolute Gasteiger partial charge is 0.494 e. The quantitative estimate of drug-likeness (QED) is 0.329. The van der Waals surface area contributed by atoms with Crippen LogP contribution in [0.25, 0.3) is 6.08 Å². The number of guanidine groups is 1. The number of ether oxygens (including phenoxy) is 1. The maximum absolute atomic E-state index is 11.9. The molecular weight excluding hydrogens is 292 g/mol. The number of carbonyl (C=O) groups is 1. The van der Waals surface area contributed by atoms with E-state index in [1.165, 1.54) is 0 Å². The van der Waals surface area contributed by atoms with Crippen LogP contribution >= 0.6 is 0 Å². The molecule has 0 saturated carbocycles. The number of rotatable bonds is 8. The molecule has 0 saturated heterocycles. The second-order valence-corrected chi connectivity index (χ2v) is 5.44. The van der Waals surface area contributed by atoms with Gasteiger partial charge in [0, 0.05) is 12.1 Å². The van der Waals surface area contributed by atoms with Gasteiger partial charge in [0.1, 0.15) is 5.75 Å². The minimum atomic E-state index is -0.412. The fourth-order valence-corrected chi connectivity index (χ4v) is 1.97. The van der Waals surface area contributed by atoms with Gasteiger partial charge in [-0.05, 0) is 50.7 Å². The summed E-state index contributed by atoms with van der Waals surface area (Å²) in [5.74, 6) is 0.138. The summed E-state index contributed by atoms with van der Waals surface area (Å²) < 4.78 is 5.73. The molecule has 0 bridgehead atoms. The third-order valence-electron chi connectivity index (χ3n) is 3.10. The van der Waals surface area contributed by atoms with E-state index in [9.17, 15) is 4.79 Å². The zero-order valence-electron chi connectivity index (χ0n) is 14.1. The lowest BCUT2D eigenvalue weighted by Crippen LogP contribution is -2.24. The highest BCUT2D eigenvalue weighted by molar-refractivity contribution is 6.04. The molecule has 0 unspecified atom stereocenters. The average molecular weight is 318 g/mol. The average Bonchev–Trinajstić information content (AvgIpc) is 2.48. The summed E-state index contributed by atoms with van der Waals surface area (Å²) in [7, 11) is 4.07. The first-order chi connectivity index (χ1) is 10.9. The van der Waals surface area contributed by atoms with E-state index in [0.717, 1.165) is 24.3 Å². The molecular formula is C17H26N4O2. The second kappa shape index (κ2) is 9.63. The van der Waals surface area contributed by atoms with Gasteiger partial charge in [-0.15, -0.1) is 0 Å². The summed E-state index contributed by atoms with van der Waals surface area (Å²) >= 11 is 0. The van der Waals surface area contributed by atoms with Gasteiger partial charge in [-0.25, -0.2) is 0 Å². The highest BCUT2D eigenvalue weighted by Crippen LogP contribution is 2.17. The van der Waals surface area contributed by atoms with Gasteiger partial charge in [0.2, 0.25) is 0 Å². The lowest BCUT2D eigenvalue weighted by molar-refractivity contribution is -0.114. The molecule has 0 fully saturated rings. The van der Waals surface area contributed by atoms with Crippen molar-refractivity contribution in [3.63, 3.8) is 0 Å². The van der Waals surface area contributed by atoms with Crippen LogP contribution in [-0.2, 0) is 4.79 Å². The van der Waals surface area contributed by atoms with E-state index < -0.39 is 5.91 Å². The van der Waals surface area contributed by atoms with Gasteiger partial charge in [-0.2, -0.15) is 4.99 Å². The van der Waals surface area contributed by atoms with Gasteiger partial charge in [0.15, 0.2) is 5.96 Å². The van der Waals surface area contributed by atoms with Crippen LogP contribution in [0.1, 0.15) is 25.3 Å². The first-order valence-electron chi connectivity index (χ1n) is 7.64. The van der Waals surface area contributed by atoms with E-state index in [2.05, 4.69) is 9.89 Å². The van der Waals surface area contributed by atoms with Crippen LogP contribution in [0, 0.1) is 0 Å². The van der Waals surface area contributed by atoms with Crippen molar-refractivity contribution in [2.24, 2.45) is 16.5 Å². The molecule has 0 aliphatic carbocycles. The SMILES string of the molecule is CC/C(=C\c1cccc(OCCCN(C)C)c1)C(=O)N=C(N)N. The maximum Gasteiger partial charge on any atom is 0.276 e. The van der Waals surface area contributed by atoms with Crippen LogP contribution in [-0.4, -0.2) is 44.0 Å². The van der Waals surface area contributed by atoms with Crippen molar-refractivity contribution >= 4 is 17.9 Å². The Hall–Kier alpha value is -2.34. The van der Waals surface area contributed by atoms with Crippen LogP contribution in [0.5, 0.6) is 5.75 Å². The number of nitrogens with zero attached hydrogens (tertiary/aromatic N) is 2. The van der Waals surface area contributed by atoms with Gasteiger partial charge in [-0.3, -0.25) is 4.79 Å². The zero-order chi connectivity index (χ0) is 17.2. The smallest absolute Gasteiger partial charge is 0.276 e. The number of carbonyl (C=O) groups excluding carboxylic acids is 1. The molecule has 0 spiro atoms. The lowest BCUT2D eigenvalue weighted by atomic mass is 10.1. The standard InChI is InChI=1S/C17H26N4O2/c1-4-14(16(22)20-17(18)19)11-13-7-5-8-15(12-13)23-10-6-9-21(2)3/h5,7-8,11-12H,4,6,9-10H2,1-3H3,(H4,18,19,20,22)/b14-11+. The minimum Gasteiger partial charge on any atom is -0.494 e. The highest BCUT2D eigenvalue weighted by Gasteiger charge is 2.07. The molecule has 23 heavy (non-hydrogen) atoms. The Morgan fingerprint density at radius 2 is 2.09 bits per heavy atom. The van der Waals surface area contributed by atoms with Gasteiger partial charge < -0.3 is 21.1 Å². The third kappa shape index (κ3) is 7.46. The molecule has 0 atom stereocenters. The van der Waals surface area contributed by atoms with Gasteiger partial charge in [-0.1, -0.05) is 19.1 Å². The Bertz CT molecular complexity index is 576. The molecule has 0 heterocycles. The molecule has 1 aromatic carbocycles. The van der Waals surface area contributed by atoms with E-state index in [0.29, 0.717) is 18.6 Å². The molecule has 6 nitrogen and oxygen atoms in total. The fourth-order valence-electron chi connectivity index (χ4n) is 1.97. The van der Waals surface area contributed by atoms with Crippen molar-refractivity contribution in [3.8, 4) is 5.75 Å². The predicted octanol–water partition coefficient (Wildman–Crippen LogP) is 1.61. The van der Waals surface area contributed by atoms with E-state index in [-0.39, 0.29) is 5.96 Å². The van der Waals surface area contributed by atoms with E-state index in [4.69, 9.17) is 16.2 Å². The monoisotopic (exact) mass is 318 g/mol. The van der Waals surface area contributed by atoms with Crippen molar-refractivity contribution < 1.29 is 9.53 Å². The van der Waals surface area contributed by atoms with E-state index in [1.807, 2.05) is 45.3 Å². The summed E-state index contributed by atoms with van der Waals surface area (Å²) in [5, 5.41) is 0. The van der Waals surface area contributed by atoms with Crippen LogP contribution in [0.4, 0.5) is 0 Å². The van der Waals surface area contributed by atoms with Crippen molar-refractivity contribution in [2.75, 3.05) is 27.2 Å². The molecule has 0 aliphatic heterocycles. The van der Waals surface area contributed by atoms with Gasteiger partial charge in [0.05, 0.1) is 6.61 Å². The lowest BCUT2D eigenvalue weighted by Gasteiger charge is -2.10. The van der Waals surface area contributed by atoms with Gasteiger partial charge >= 0.3 is 0 Å². The Labute approximate surface area is 137 Å². The number of hydrogen-bond donors (Lipinski definition) is 2. The summed E-state index contributed by atoms with van der Waals surface area (Å²) in [5.41, 5.74) is 11.9. The van der Waals surface area contributed by atoms with Crippen molar-refractivity contribution in [1.29, 1.82) is 0 Å². The summed E-state index contributed by atoms with van der Waals surface area (Å²) in [6.45, 7) is 3.51. The number of nitrogens with two attached hydrogens (primary N) is 2. The zero-order valence-corrected chi connectivity index (χ0v) is 14.1. The van der Waals surface area contributed by atoms with Crippen molar-refractivity contribution in [1.82, 2.24) is 4.90 Å². The Morgan fingerprint density at radius 3 is 2.70 bits per heavy atom. The molecule has 0 aromatic heterocycles. The van der Waals surface area contributed by atoms with E-state index >= 15 is 0 Å². The molecule has 1 amide bonds. The Kier molecular flexibility index (Phi) is 7.83. The Morgan fingerprint density at radius 1 is 1.35 bits per heavy atom. The molecule has 1 rings (SSSR count). The summed E-state index contributed by atoms with van der Waals surface area (Å²) in [6, 6.07) is 7.60. The topological polar surface area (TPSA) is 93.9 Å².